The van der Waals surface area contributed by atoms with Gasteiger partial charge in [0, 0.05) is 0 Å². The van der Waals surface area contributed by atoms with Crippen molar-refractivity contribution in [3.63, 3.8) is 0 Å². The fraction of sp³-hybridized carbons (Fsp3) is 0.292. The average molecular weight is 537 g/mol. The van der Waals surface area contributed by atoms with Gasteiger partial charge in [0.25, 0.3) is 0 Å². The molecule has 3 aromatic rings. The Labute approximate surface area is 210 Å². The minimum atomic E-state index is -1.27. The number of benzene rings is 2. The number of halogens is 2. The first-order valence-corrected chi connectivity index (χ1v) is 16.5. The molecule has 0 N–H and O–H groups in total. The first kappa shape index (κ1) is 28.7. The zero-order valence-electron chi connectivity index (χ0n) is 18.2. The van der Waals surface area contributed by atoms with Gasteiger partial charge in [-0.1, -0.05) is 73.8 Å². The third kappa shape index (κ3) is 7.11. The maximum Gasteiger partial charge on any atom is 4.00 e. The van der Waals surface area contributed by atoms with E-state index in [-0.39, 0.29) is 51.0 Å². The second kappa shape index (κ2) is 11.3. The van der Waals surface area contributed by atoms with Gasteiger partial charge in [0.05, 0.1) is 16.1 Å². The second-order valence-electron chi connectivity index (χ2n) is 9.28. The van der Waals surface area contributed by atoms with E-state index in [1.54, 1.807) is 5.19 Å². The van der Waals surface area contributed by atoms with Crippen molar-refractivity contribution < 1.29 is 51.0 Å². The Morgan fingerprint density at radius 2 is 1.38 bits per heavy atom. The van der Waals surface area contributed by atoms with Crippen LogP contribution >= 0.6 is 0 Å². The summed E-state index contributed by atoms with van der Waals surface area (Å²) in [6.45, 7) is 14.5. The zero-order chi connectivity index (χ0) is 18.9. The Morgan fingerprint density at radius 1 is 0.793 bits per heavy atom. The molecule has 29 heavy (non-hydrogen) atoms. The Bertz CT molecular complexity index is 814. The van der Waals surface area contributed by atoms with Gasteiger partial charge >= 0.3 is 26.2 Å². The van der Waals surface area contributed by atoms with E-state index in [1.807, 2.05) is 30.3 Å². The van der Waals surface area contributed by atoms with Crippen molar-refractivity contribution in [1.29, 1.82) is 0 Å². The number of rotatable bonds is 2. The molecule has 0 fully saturated rings. The molecule has 0 radical (unpaired) electrons. The van der Waals surface area contributed by atoms with Crippen LogP contribution in [0.2, 0.25) is 39.3 Å². The van der Waals surface area contributed by atoms with Gasteiger partial charge in [-0.15, -0.1) is 5.56 Å². The molecule has 0 saturated carbocycles. The quantitative estimate of drug-likeness (QED) is 0.241. The van der Waals surface area contributed by atoms with Gasteiger partial charge in [-0.3, -0.25) is 0 Å². The van der Waals surface area contributed by atoms with Crippen molar-refractivity contribution in [3.8, 4) is 11.1 Å². The SMILES string of the molecule is C[Si](C)(C)c1[c-]c2c(cc1)-c1ccc([Si](C)(C)C)cc1C2.[Cl-].[Cl-].[Zr+4].c1cc[cH-]c1. The molecule has 0 atom stereocenters. The predicted molar refractivity (Wildman–Crippen MR) is 122 cm³/mol. The van der Waals surface area contributed by atoms with Gasteiger partial charge in [0.2, 0.25) is 0 Å². The van der Waals surface area contributed by atoms with Crippen LogP contribution in [0.1, 0.15) is 11.1 Å². The first-order chi connectivity index (χ1) is 12.2. The van der Waals surface area contributed by atoms with Gasteiger partial charge in [-0.2, -0.15) is 47.1 Å². The van der Waals surface area contributed by atoms with Crippen molar-refractivity contribution in [2.24, 2.45) is 0 Å². The summed E-state index contributed by atoms with van der Waals surface area (Å²) in [7, 11) is -2.49. The van der Waals surface area contributed by atoms with E-state index in [9.17, 15) is 0 Å². The third-order valence-corrected chi connectivity index (χ3v) is 8.97. The Kier molecular flexibility index (Phi) is 11.2. The summed E-state index contributed by atoms with van der Waals surface area (Å²) in [5.74, 6) is 0. The van der Waals surface area contributed by atoms with Crippen LogP contribution in [0.3, 0.4) is 0 Å². The van der Waals surface area contributed by atoms with E-state index in [4.69, 9.17) is 0 Å². The summed E-state index contributed by atoms with van der Waals surface area (Å²) >= 11 is 0. The molecule has 0 saturated heterocycles. The molecule has 4 rings (SSSR count). The van der Waals surface area contributed by atoms with Crippen LogP contribution in [0.4, 0.5) is 0 Å². The number of hydrogen-bond acceptors (Lipinski definition) is 0. The molecular formula is C24H30Cl2Si2Zr. The standard InChI is InChI=1S/C19H25Si2.C5H5.2ClH.Zr/c1-20(2,3)16-7-9-18-14(12-16)11-15-13-17(21(4,5)6)8-10-19(15)18;1-2-4-5-3-1;;;/h7-10,12H,11H2,1-6H3;1-5H;2*1H;/q2*-1;;;+4/p-2. The van der Waals surface area contributed by atoms with Gasteiger partial charge in [-0.05, 0) is 6.42 Å². The maximum atomic E-state index is 3.74. The van der Waals surface area contributed by atoms with Crippen molar-refractivity contribution in [2.45, 2.75) is 45.7 Å². The molecule has 3 aromatic carbocycles. The van der Waals surface area contributed by atoms with E-state index in [0.717, 1.165) is 6.42 Å². The number of fused-ring (bicyclic) bond motifs is 3. The molecule has 0 spiro atoms. The molecule has 0 amide bonds. The third-order valence-electron chi connectivity index (χ3n) is 5.02. The molecule has 5 heteroatoms. The van der Waals surface area contributed by atoms with Crippen LogP contribution < -0.4 is 35.2 Å². The largest absolute Gasteiger partial charge is 4.00 e. The van der Waals surface area contributed by atoms with Gasteiger partial charge in [0.1, 0.15) is 0 Å². The number of hydrogen-bond donors (Lipinski definition) is 0. The van der Waals surface area contributed by atoms with E-state index >= 15 is 0 Å². The monoisotopic (exact) mass is 534 g/mol. The van der Waals surface area contributed by atoms with Gasteiger partial charge < -0.3 is 24.8 Å². The normalized spacial score (nSPS) is 11.5. The summed E-state index contributed by atoms with van der Waals surface area (Å²) in [5.41, 5.74) is 5.77. The molecule has 0 aliphatic heterocycles. The molecule has 152 valence electrons. The van der Waals surface area contributed by atoms with Crippen LogP contribution in [0.5, 0.6) is 0 Å². The fourth-order valence-corrected chi connectivity index (χ4v) is 5.65. The molecule has 0 bridgehead atoms. The van der Waals surface area contributed by atoms with Crippen LogP contribution in [0.25, 0.3) is 11.1 Å². The molecule has 0 aromatic heterocycles. The summed E-state index contributed by atoms with van der Waals surface area (Å²) in [4.78, 5) is 0. The van der Waals surface area contributed by atoms with E-state index in [1.165, 1.54) is 27.4 Å². The summed E-state index contributed by atoms with van der Waals surface area (Å²) < 4.78 is 0. The van der Waals surface area contributed by atoms with Gasteiger partial charge in [-0.25, -0.2) is 12.1 Å². The first-order valence-electron chi connectivity index (χ1n) is 9.52. The molecule has 0 nitrogen and oxygen atoms in total. The topological polar surface area (TPSA) is 0 Å². The van der Waals surface area contributed by atoms with Crippen LogP contribution in [0, 0.1) is 6.07 Å². The Morgan fingerprint density at radius 3 is 1.86 bits per heavy atom. The summed E-state index contributed by atoms with van der Waals surface area (Å²) in [6.07, 6.45) is 1.07. The van der Waals surface area contributed by atoms with Crippen LogP contribution in [0.15, 0.2) is 60.7 Å². The van der Waals surface area contributed by atoms with Crippen molar-refractivity contribution in [3.05, 3.63) is 77.9 Å². The molecule has 0 unspecified atom stereocenters. The van der Waals surface area contributed by atoms with Crippen molar-refractivity contribution >= 4 is 26.5 Å². The van der Waals surface area contributed by atoms with Crippen LogP contribution in [-0.2, 0) is 32.6 Å². The van der Waals surface area contributed by atoms with E-state index in [2.05, 4.69) is 75.7 Å². The molecule has 1 aliphatic rings. The van der Waals surface area contributed by atoms with E-state index < -0.39 is 16.1 Å². The summed E-state index contributed by atoms with van der Waals surface area (Å²) in [6, 6.07) is 25.5. The molecular weight excluding hydrogens is 507 g/mol. The summed E-state index contributed by atoms with van der Waals surface area (Å²) in [5, 5.41) is 3.03. The Hall–Kier alpha value is -0.313. The fourth-order valence-electron chi connectivity index (χ4n) is 3.35. The van der Waals surface area contributed by atoms with Crippen LogP contribution in [-0.4, -0.2) is 16.1 Å². The van der Waals surface area contributed by atoms with E-state index in [0.29, 0.717) is 0 Å². The van der Waals surface area contributed by atoms with Gasteiger partial charge in [0.15, 0.2) is 0 Å². The predicted octanol–water partition coefficient (Wildman–Crippen LogP) is -0.441. The average Bonchev–Trinajstić information content (AvgIpc) is 3.23. The maximum absolute atomic E-state index is 3.74. The Balaban J connectivity index is 0.000000863. The minimum Gasteiger partial charge on any atom is -1.00 e. The van der Waals surface area contributed by atoms with Crippen molar-refractivity contribution in [2.75, 3.05) is 0 Å². The molecule has 1 aliphatic carbocycles. The smallest absolute Gasteiger partial charge is 1.00 e. The minimum absolute atomic E-state index is 0. The zero-order valence-corrected chi connectivity index (χ0v) is 24.2. The molecule has 0 heterocycles. The van der Waals surface area contributed by atoms with Crippen molar-refractivity contribution in [1.82, 2.24) is 0 Å². The second-order valence-corrected chi connectivity index (χ2v) is 19.4.